The molecule has 0 radical (unpaired) electrons. The maximum Gasteiger partial charge on any atom is 0.155 e. The lowest BCUT2D eigenvalue weighted by Gasteiger charge is -2.40. The zero-order valence-corrected chi connectivity index (χ0v) is 17.7. The Morgan fingerprint density at radius 1 is 1.48 bits per heavy atom. The summed E-state index contributed by atoms with van der Waals surface area (Å²) in [4.78, 5) is 19.3. The second-order valence-electron chi connectivity index (χ2n) is 6.40. The summed E-state index contributed by atoms with van der Waals surface area (Å²) >= 11 is 3.39. The quantitative estimate of drug-likeness (QED) is 0.507. The van der Waals surface area contributed by atoms with Gasteiger partial charge in [0.1, 0.15) is 16.5 Å². The number of morpholine rings is 1. The van der Waals surface area contributed by atoms with Crippen LogP contribution in [0, 0.1) is 5.41 Å². The third kappa shape index (κ3) is 4.60. The molecule has 1 fully saturated rings. The number of hydrogen-bond acceptors (Lipinski definition) is 7. The molecule has 1 saturated heterocycles. The molecule has 10 heteroatoms. The fraction of sp³-hybridized carbons (Fsp3) is 0.316. The Hall–Kier alpha value is -2.85. The highest BCUT2D eigenvalue weighted by molar-refractivity contribution is 9.10. The molecule has 0 amide bonds. The van der Waals surface area contributed by atoms with E-state index < -0.39 is 0 Å². The van der Waals surface area contributed by atoms with Crippen molar-refractivity contribution in [1.29, 1.82) is 5.41 Å². The van der Waals surface area contributed by atoms with E-state index in [4.69, 9.17) is 20.9 Å². The molecule has 0 bridgehead atoms. The minimum Gasteiger partial charge on any atom is -0.404 e. The Kier molecular flexibility index (Phi) is 6.89. The highest BCUT2D eigenvalue weighted by Gasteiger charge is 2.32. The number of ether oxygens (including phenoxy) is 1. The van der Waals surface area contributed by atoms with Crippen molar-refractivity contribution in [1.82, 2.24) is 19.3 Å². The number of hydrogen-bond donors (Lipinski definition) is 2. The minimum atomic E-state index is -0.306. The van der Waals surface area contributed by atoms with Crippen molar-refractivity contribution in [3.63, 3.8) is 0 Å². The predicted octanol–water partition coefficient (Wildman–Crippen LogP) is 2.19. The molecule has 2 atom stereocenters. The first kappa shape index (κ1) is 20.9. The molecule has 0 spiro atoms. The van der Waals surface area contributed by atoms with Crippen molar-refractivity contribution < 1.29 is 4.74 Å². The molecule has 0 saturated carbocycles. The summed E-state index contributed by atoms with van der Waals surface area (Å²) in [6.45, 7) is 7.13. The van der Waals surface area contributed by atoms with Crippen molar-refractivity contribution in [2.75, 3.05) is 13.2 Å². The number of nitrogens with zero attached hydrogens (tertiary/aromatic N) is 6. The van der Waals surface area contributed by atoms with E-state index in [1.165, 1.54) is 12.4 Å². The largest absolute Gasteiger partial charge is 0.404 e. The molecule has 3 N–H and O–H groups in total. The lowest BCUT2D eigenvalue weighted by atomic mass is 10.0. The van der Waals surface area contributed by atoms with Crippen LogP contribution in [-0.4, -0.2) is 63.3 Å². The summed E-state index contributed by atoms with van der Waals surface area (Å²) < 4.78 is 8.53. The van der Waals surface area contributed by atoms with Crippen LogP contribution in [0.5, 0.6) is 0 Å². The molecule has 3 rings (SSSR count). The van der Waals surface area contributed by atoms with Gasteiger partial charge >= 0.3 is 0 Å². The van der Waals surface area contributed by atoms with E-state index in [2.05, 4.69) is 42.5 Å². The Bertz CT molecular complexity index is 980. The smallest absolute Gasteiger partial charge is 0.155 e. The number of rotatable bonds is 6. The lowest BCUT2D eigenvalue weighted by Crippen LogP contribution is -2.52. The van der Waals surface area contributed by atoms with Gasteiger partial charge in [-0.15, -0.1) is 0 Å². The first-order chi connectivity index (χ1) is 14.1. The van der Waals surface area contributed by atoms with Crippen molar-refractivity contribution in [2.45, 2.75) is 25.6 Å². The van der Waals surface area contributed by atoms with Crippen LogP contribution in [-0.2, 0) is 11.3 Å². The van der Waals surface area contributed by atoms with Gasteiger partial charge < -0.3 is 20.8 Å². The van der Waals surface area contributed by atoms with E-state index in [1.54, 1.807) is 18.6 Å². The highest BCUT2D eigenvalue weighted by Crippen LogP contribution is 2.21. The molecule has 152 valence electrons. The van der Waals surface area contributed by atoms with Crippen molar-refractivity contribution >= 4 is 40.3 Å². The van der Waals surface area contributed by atoms with Gasteiger partial charge in [-0.25, -0.2) is 9.97 Å². The summed E-state index contributed by atoms with van der Waals surface area (Å²) in [5.41, 5.74) is 7.99. The number of aliphatic imine (C=N–C) groups is 2. The summed E-state index contributed by atoms with van der Waals surface area (Å²) in [5.74, 6) is 0.752. The molecule has 29 heavy (non-hydrogen) atoms. The molecule has 0 aromatic carbocycles. The summed E-state index contributed by atoms with van der Waals surface area (Å²) in [7, 11) is 0. The van der Waals surface area contributed by atoms with Gasteiger partial charge in [-0.05, 0) is 35.6 Å². The fourth-order valence-electron chi connectivity index (χ4n) is 3.26. The van der Waals surface area contributed by atoms with E-state index in [9.17, 15) is 0 Å². The topological polar surface area (TPSA) is 117 Å². The third-order valence-corrected chi connectivity index (χ3v) is 5.12. The maximum absolute atomic E-state index is 7.58. The van der Waals surface area contributed by atoms with Gasteiger partial charge in [-0.2, -0.15) is 0 Å². The Morgan fingerprint density at radius 3 is 3.03 bits per heavy atom. The van der Waals surface area contributed by atoms with E-state index in [0.717, 1.165) is 21.8 Å². The van der Waals surface area contributed by atoms with Crippen LogP contribution in [0.15, 0.2) is 57.2 Å². The Balaban J connectivity index is 1.90. The van der Waals surface area contributed by atoms with Crippen LogP contribution in [0.1, 0.15) is 12.6 Å². The molecule has 9 nitrogen and oxygen atoms in total. The Morgan fingerprint density at radius 2 is 2.31 bits per heavy atom. The normalized spacial score (nSPS) is 21.1. The number of imidazole rings is 1. The third-order valence-electron chi connectivity index (χ3n) is 4.71. The number of nitrogens with two attached hydrogens (primary N) is 1. The van der Waals surface area contributed by atoms with Crippen LogP contribution >= 0.6 is 15.9 Å². The van der Waals surface area contributed by atoms with Gasteiger partial charge in [0.2, 0.25) is 0 Å². The molecule has 1 aliphatic heterocycles. The molecular formula is C19H23BrN8O. The number of halogens is 1. The average molecular weight is 459 g/mol. The van der Waals surface area contributed by atoms with Gasteiger partial charge in [0, 0.05) is 36.9 Å². The lowest BCUT2D eigenvalue weighted by molar-refractivity contribution is -0.0152. The number of nitrogens with one attached hydrogen (secondary N) is 1. The minimum absolute atomic E-state index is 0.0612. The van der Waals surface area contributed by atoms with Gasteiger partial charge in [-0.3, -0.25) is 14.4 Å². The van der Waals surface area contributed by atoms with E-state index in [1.807, 2.05) is 23.6 Å². The first-order valence-corrected chi connectivity index (χ1v) is 9.83. The molecule has 0 aliphatic carbocycles. The zero-order chi connectivity index (χ0) is 20.8. The Labute approximate surface area is 177 Å². The van der Waals surface area contributed by atoms with E-state index in [-0.39, 0.29) is 12.1 Å². The van der Waals surface area contributed by atoms with E-state index >= 15 is 0 Å². The molecule has 1 aliphatic rings. The molecule has 3 heterocycles. The molecule has 2 aromatic heterocycles. The van der Waals surface area contributed by atoms with E-state index in [0.29, 0.717) is 25.3 Å². The number of fused-ring (bicyclic) bond motifs is 1. The summed E-state index contributed by atoms with van der Waals surface area (Å²) in [6.07, 6.45) is 11.1. The highest BCUT2D eigenvalue weighted by atomic mass is 79.9. The van der Waals surface area contributed by atoms with Crippen LogP contribution in [0.2, 0.25) is 0 Å². The second kappa shape index (κ2) is 9.57. The first-order valence-electron chi connectivity index (χ1n) is 9.03. The van der Waals surface area contributed by atoms with Crippen molar-refractivity contribution in [2.24, 2.45) is 15.7 Å². The summed E-state index contributed by atoms with van der Waals surface area (Å²) in [5, 5.41) is 7.58. The average Bonchev–Trinajstić information content (AvgIpc) is 3.12. The van der Waals surface area contributed by atoms with Gasteiger partial charge in [0.15, 0.2) is 5.65 Å². The van der Waals surface area contributed by atoms with Crippen LogP contribution < -0.4 is 5.73 Å². The monoisotopic (exact) mass is 458 g/mol. The van der Waals surface area contributed by atoms with Crippen molar-refractivity contribution in [3.05, 3.63) is 52.9 Å². The molecular weight excluding hydrogens is 436 g/mol. The number of amidine groups is 1. The van der Waals surface area contributed by atoms with Gasteiger partial charge in [-0.1, -0.05) is 0 Å². The predicted molar refractivity (Wildman–Crippen MR) is 117 cm³/mol. The van der Waals surface area contributed by atoms with Gasteiger partial charge in [0.05, 0.1) is 37.3 Å². The SMILES string of the molecule is C=N/C=C\C(=NCc1cnc2cnc(Br)cn12)N1CCOC(/C(C=N)=C/N)C1C. The molecule has 2 unspecified atom stereocenters. The number of aromatic nitrogens is 3. The fourth-order valence-corrected chi connectivity index (χ4v) is 3.57. The van der Waals surface area contributed by atoms with Crippen LogP contribution in [0.25, 0.3) is 5.65 Å². The summed E-state index contributed by atoms with van der Waals surface area (Å²) in [6, 6.07) is -0.0612. The van der Waals surface area contributed by atoms with Crippen LogP contribution in [0.3, 0.4) is 0 Å². The van der Waals surface area contributed by atoms with Gasteiger partial charge in [0.25, 0.3) is 0 Å². The zero-order valence-electron chi connectivity index (χ0n) is 16.1. The standard InChI is InChI=1S/C19H23BrN8O/c1-13-19(14(7-21)8-22)29-6-5-27(13)17(3-4-23-2)25-9-15-10-26-18-11-24-16(20)12-28(15)18/h3-4,7-8,10-13,19,21H,2,5-6,9,22H2,1H3/b4-3-,14-8+,21-7?,25-17?. The molecule has 2 aromatic rings. The van der Waals surface area contributed by atoms with Crippen LogP contribution in [0.4, 0.5) is 0 Å². The van der Waals surface area contributed by atoms with Crippen molar-refractivity contribution in [3.8, 4) is 0 Å². The second-order valence-corrected chi connectivity index (χ2v) is 7.21. The maximum atomic E-state index is 7.58.